The third-order valence-electron chi connectivity index (χ3n) is 2.85. The molecule has 0 aromatic rings. The van der Waals surface area contributed by atoms with Crippen LogP contribution in [0.25, 0.3) is 0 Å². The van der Waals surface area contributed by atoms with Gasteiger partial charge in [-0.25, -0.2) is 0 Å². The van der Waals surface area contributed by atoms with Gasteiger partial charge in [0.1, 0.15) is 0 Å². The molecule has 1 rings (SSSR count). The van der Waals surface area contributed by atoms with Gasteiger partial charge in [-0.3, -0.25) is 4.90 Å². The number of hydrogen-bond acceptors (Lipinski definition) is 3. The van der Waals surface area contributed by atoms with Gasteiger partial charge in [0.15, 0.2) is 0 Å². The van der Waals surface area contributed by atoms with E-state index in [1.54, 1.807) is 0 Å². The number of ether oxygens (including phenoxy) is 1. The minimum absolute atomic E-state index is 0.599. The van der Waals surface area contributed by atoms with Gasteiger partial charge in [0.25, 0.3) is 0 Å². The van der Waals surface area contributed by atoms with Crippen molar-refractivity contribution in [3.63, 3.8) is 0 Å². The second-order valence-corrected chi connectivity index (χ2v) is 4.95. The molecular weight excluding hydrogens is 188 g/mol. The third-order valence-corrected chi connectivity index (χ3v) is 2.85. The predicted octanol–water partition coefficient (Wildman–Crippen LogP) is 1.34. The zero-order valence-electron chi connectivity index (χ0n) is 10.5. The van der Waals surface area contributed by atoms with E-state index in [0.29, 0.717) is 6.04 Å². The molecule has 1 fully saturated rings. The Bertz CT molecular complexity index is 156. The van der Waals surface area contributed by atoms with Gasteiger partial charge in [-0.05, 0) is 25.8 Å². The summed E-state index contributed by atoms with van der Waals surface area (Å²) in [5, 5.41) is 3.58. The molecule has 0 spiro atoms. The van der Waals surface area contributed by atoms with Gasteiger partial charge in [-0.1, -0.05) is 13.8 Å². The lowest BCUT2D eigenvalue weighted by Crippen LogP contribution is -2.44. The SMILES string of the molecule is CC(C)CCNC(C)CN1CCOCC1. The van der Waals surface area contributed by atoms with Crippen molar-refractivity contribution in [1.29, 1.82) is 0 Å². The highest BCUT2D eigenvalue weighted by Crippen LogP contribution is 2.00. The molecular formula is C12H26N2O. The Balaban J connectivity index is 2.03. The summed E-state index contributed by atoms with van der Waals surface area (Å²) < 4.78 is 5.33. The number of nitrogens with one attached hydrogen (secondary N) is 1. The Hall–Kier alpha value is -0.120. The predicted molar refractivity (Wildman–Crippen MR) is 64.2 cm³/mol. The van der Waals surface area contributed by atoms with Crippen LogP contribution in [-0.2, 0) is 4.74 Å². The van der Waals surface area contributed by atoms with Gasteiger partial charge in [0.2, 0.25) is 0 Å². The number of morpholine rings is 1. The van der Waals surface area contributed by atoms with Crippen molar-refractivity contribution in [3.05, 3.63) is 0 Å². The molecule has 3 heteroatoms. The van der Waals surface area contributed by atoms with Gasteiger partial charge in [-0.2, -0.15) is 0 Å². The van der Waals surface area contributed by atoms with E-state index >= 15 is 0 Å². The van der Waals surface area contributed by atoms with Crippen LogP contribution < -0.4 is 5.32 Å². The molecule has 1 saturated heterocycles. The number of hydrogen-bond donors (Lipinski definition) is 1. The van der Waals surface area contributed by atoms with Gasteiger partial charge >= 0.3 is 0 Å². The first-order valence-corrected chi connectivity index (χ1v) is 6.22. The fourth-order valence-electron chi connectivity index (χ4n) is 1.85. The van der Waals surface area contributed by atoms with Crippen molar-refractivity contribution < 1.29 is 4.74 Å². The second kappa shape index (κ2) is 7.20. The van der Waals surface area contributed by atoms with Gasteiger partial charge in [0.05, 0.1) is 13.2 Å². The molecule has 0 radical (unpaired) electrons. The molecule has 0 saturated carbocycles. The maximum Gasteiger partial charge on any atom is 0.0594 e. The molecule has 0 bridgehead atoms. The first-order valence-electron chi connectivity index (χ1n) is 6.22. The standard InChI is InChI=1S/C12H26N2O/c1-11(2)4-5-13-12(3)10-14-6-8-15-9-7-14/h11-13H,4-10H2,1-3H3. The van der Waals surface area contributed by atoms with Gasteiger partial charge in [-0.15, -0.1) is 0 Å². The molecule has 1 aliphatic rings. The zero-order valence-corrected chi connectivity index (χ0v) is 10.5. The van der Waals surface area contributed by atoms with Crippen LogP contribution in [0.15, 0.2) is 0 Å². The highest BCUT2D eigenvalue weighted by molar-refractivity contribution is 4.70. The molecule has 1 heterocycles. The van der Waals surface area contributed by atoms with Crippen LogP contribution in [-0.4, -0.2) is 50.3 Å². The average Bonchev–Trinajstić information content (AvgIpc) is 2.18. The Morgan fingerprint density at radius 3 is 2.47 bits per heavy atom. The minimum Gasteiger partial charge on any atom is -0.379 e. The molecule has 0 aromatic carbocycles. The van der Waals surface area contributed by atoms with Crippen LogP contribution in [0.2, 0.25) is 0 Å². The summed E-state index contributed by atoms with van der Waals surface area (Å²) >= 11 is 0. The van der Waals surface area contributed by atoms with Crippen molar-refractivity contribution in [2.24, 2.45) is 5.92 Å². The average molecular weight is 214 g/mol. The Kier molecular flexibility index (Phi) is 6.22. The monoisotopic (exact) mass is 214 g/mol. The highest BCUT2D eigenvalue weighted by atomic mass is 16.5. The molecule has 3 nitrogen and oxygen atoms in total. The molecule has 15 heavy (non-hydrogen) atoms. The molecule has 1 atom stereocenters. The summed E-state index contributed by atoms with van der Waals surface area (Å²) in [6.07, 6.45) is 1.27. The number of rotatable bonds is 6. The lowest BCUT2D eigenvalue weighted by molar-refractivity contribution is 0.0344. The van der Waals surface area contributed by atoms with Crippen molar-refractivity contribution in [2.45, 2.75) is 33.2 Å². The summed E-state index contributed by atoms with van der Waals surface area (Å²) in [6.45, 7) is 13.1. The molecule has 1 unspecified atom stereocenters. The Labute approximate surface area is 94.2 Å². The summed E-state index contributed by atoms with van der Waals surface area (Å²) in [7, 11) is 0. The van der Waals surface area contributed by atoms with Crippen LogP contribution in [0.5, 0.6) is 0 Å². The van der Waals surface area contributed by atoms with E-state index < -0.39 is 0 Å². The lowest BCUT2D eigenvalue weighted by atomic mass is 10.1. The molecule has 1 N–H and O–H groups in total. The molecule has 0 aromatic heterocycles. The van der Waals surface area contributed by atoms with Crippen molar-refractivity contribution >= 4 is 0 Å². The van der Waals surface area contributed by atoms with Crippen molar-refractivity contribution in [2.75, 3.05) is 39.4 Å². The van der Waals surface area contributed by atoms with Crippen molar-refractivity contribution in [1.82, 2.24) is 10.2 Å². The minimum atomic E-state index is 0.599. The fraction of sp³-hybridized carbons (Fsp3) is 1.00. The quantitative estimate of drug-likeness (QED) is 0.722. The van der Waals surface area contributed by atoms with E-state index in [1.165, 1.54) is 6.42 Å². The van der Waals surface area contributed by atoms with E-state index in [2.05, 4.69) is 31.0 Å². The van der Waals surface area contributed by atoms with Gasteiger partial charge in [0, 0.05) is 25.7 Å². The summed E-state index contributed by atoms with van der Waals surface area (Å²) in [5.41, 5.74) is 0. The molecule has 0 aliphatic carbocycles. The third kappa shape index (κ3) is 6.13. The van der Waals surface area contributed by atoms with Crippen LogP contribution in [0.1, 0.15) is 27.2 Å². The maximum absolute atomic E-state index is 5.33. The number of nitrogens with zero attached hydrogens (tertiary/aromatic N) is 1. The first kappa shape index (κ1) is 12.9. The van der Waals surface area contributed by atoms with Crippen molar-refractivity contribution in [3.8, 4) is 0 Å². The lowest BCUT2D eigenvalue weighted by Gasteiger charge is -2.29. The smallest absolute Gasteiger partial charge is 0.0594 e. The van der Waals surface area contributed by atoms with Crippen LogP contribution in [0.4, 0.5) is 0 Å². The molecule has 90 valence electrons. The first-order chi connectivity index (χ1) is 7.18. The van der Waals surface area contributed by atoms with E-state index in [-0.39, 0.29) is 0 Å². The molecule has 1 aliphatic heterocycles. The summed E-state index contributed by atoms with van der Waals surface area (Å²) in [4.78, 5) is 2.48. The van der Waals surface area contributed by atoms with Gasteiger partial charge < -0.3 is 10.1 Å². The van der Waals surface area contributed by atoms with E-state index in [1.807, 2.05) is 0 Å². The topological polar surface area (TPSA) is 24.5 Å². The van der Waals surface area contributed by atoms with Crippen LogP contribution >= 0.6 is 0 Å². The summed E-state index contributed by atoms with van der Waals surface area (Å²) in [5.74, 6) is 0.799. The molecule has 0 amide bonds. The van der Waals surface area contributed by atoms with Crippen LogP contribution in [0.3, 0.4) is 0 Å². The second-order valence-electron chi connectivity index (χ2n) is 4.95. The largest absolute Gasteiger partial charge is 0.379 e. The van der Waals surface area contributed by atoms with E-state index in [0.717, 1.165) is 45.3 Å². The summed E-state index contributed by atoms with van der Waals surface area (Å²) in [6, 6.07) is 0.599. The Morgan fingerprint density at radius 2 is 1.87 bits per heavy atom. The highest BCUT2D eigenvalue weighted by Gasteiger charge is 2.12. The van der Waals surface area contributed by atoms with E-state index in [9.17, 15) is 0 Å². The van der Waals surface area contributed by atoms with Crippen LogP contribution in [0, 0.1) is 5.92 Å². The van der Waals surface area contributed by atoms with E-state index in [4.69, 9.17) is 4.74 Å². The fourth-order valence-corrected chi connectivity index (χ4v) is 1.85. The normalized spacial score (nSPS) is 20.8. The maximum atomic E-state index is 5.33. The Morgan fingerprint density at radius 1 is 1.20 bits per heavy atom. The zero-order chi connectivity index (χ0) is 11.1.